The molecule has 0 aliphatic heterocycles. The Labute approximate surface area is 157 Å². The van der Waals surface area contributed by atoms with Gasteiger partial charge in [-0.15, -0.1) is 0 Å². The van der Waals surface area contributed by atoms with E-state index in [1.54, 1.807) is 0 Å². The van der Waals surface area contributed by atoms with Gasteiger partial charge < -0.3 is 4.89 Å². The third kappa shape index (κ3) is 14.4. The van der Waals surface area contributed by atoms with Crippen molar-refractivity contribution in [2.24, 2.45) is 5.92 Å². The van der Waals surface area contributed by atoms with Gasteiger partial charge in [-0.2, -0.15) is 0 Å². The van der Waals surface area contributed by atoms with E-state index < -0.39 is 7.82 Å². The second-order valence-electron chi connectivity index (χ2n) is 5.07. The third-order valence-corrected chi connectivity index (χ3v) is 4.25. The summed E-state index contributed by atoms with van der Waals surface area (Å²) in [4.78, 5) is 9.55. The van der Waals surface area contributed by atoms with Gasteiger partial charge in [-0.1, -0.05) is 59.3 Å². The Morgan fingerprint density at radius 2 is 1.65 bits per heavy atom. The summed E-state index contributed by atoms with van der Waals surface area (Å²) in [6.07, 6.45) is 8.41. The van der Waals surface area contributed by atoms with Gasteiger partial charge in [0, 0.05) is 40.8 Å². The molecule has 20 heavy (non-hydrogen) atoms. The SMILES string of the molecule is CCCCCCOP(=O)(O)OCC(CC)CCCC.[Nd]. The molecule has 0 radical (unpaired) electrons. The first-order valence-corrected chi connectivity index (χ1v) is 9.17. The van der Waals surface area contributed by atoms with Crippen LogP contribution in [0.5, 0.6) is 0 Å². The quantitative estimate of drug-likeness (QED) is 0.328. The number of phosphoric ester groups is 1. The first-order chi connectivity index (χ1) is 9.05. The Kier molecular flexibility index (Phi) is 18.2. The summed E-state index contributed by atoms with van der Waals surface area (Å²) in [6.45, 7) is 6.97. The largest absolute Gasteiger partial charge is 0.472 e. The number of phosphoric acid groups is 1. The summed E-state index contributed by atoms with van der Waals surface area (Å²) in [6, 6.07) is 0. The average Bonchev–Trinajstić information content (AvgIpc) is 2.38. The van der Waals surface area contributed by atoms with Crippen LogP contribution >= 0.6 is 7.82 Å². The zero-order valence-corrected chi connectivity index (χ0v) is 17.4. The molecule has 120 valence electrons. The van der Waals surface area contributed by atoms with Crippen molar-refractivity contribution in [3.05, 3.63) is 0 Å². The molecular formula is C14H31NdO4P. The fourth-order valence-electron chi connectivity index (χ4n) is 1.84. The van der Waals surface area contributed by atoms with Crippen molar-refractivity contribution in [3.8, 4) is 0 Å². The van der Waals surface area contributed by atoms with Crippen molar-refractivity contribution in [2.45, 2.75) is 72.1 Å². The molecule has 6 heteroatoms. The standard InChI is InChI=1S/C14H31O4P.Nd/c1-4-7-9-10-12-17-19(15,16)18-13-14(6-3)11-8-5-2;/h14H,4-13H2,1-3H3,(H,15,16);. The van der Waals surface area contributed by atoms with E-state index in [1.807, 2.05) is 0 Å². The van der Waals surface area contributed by atoms with Crippen molar-refractivity contribution in [1.82, 2.24) is 0 Å². The minimum atomic E-state index is -3.84. The maximum Gasteiger partial charge on any atom is 0.472 e. The topological polar surface area (TPSA) is 55.8 Å². The van der Waals surface area contributed by atoms with Gasteiger partial charge in [-0.3, -0.25) is 9.05 Å². The molecule has 0 fully saturated rings. The van der Waals surface area contributed by atoms with Crippen LogP contribution in [-0.2, 0) is 13.6 Å². The fourth-order valence-corrected chi connectivity index (χ4v) is 2.68. The zero-order chi connectivity index (χ0) is 14.6. The van der Waals surface area contributed by atoms with Crippen molar-refractivity contribution in [2.75, 3.05) is 13.2 Å². The van der Waals surface area contributed by atoms with Gasteiger partial charge in [0.25, 0.3) is 0 Å². The van der Waals surface area contributed by atoms with Crippen LogP contribution in [0.2, 0.25) is 0 Å². The van der Waals surface area contributed by atoms with Crippen molar-refractivity contribution in [1.29, 1.82) is 0 Å². The first kappa shape index (κ1) is 23.7. The molecule has 0 saturated heterocycles. The minimum Gasteiger partial charge on any atom is -0.302 e. The molecule has 0 bridgehead atoms. The second-order valence-corrected chi connectivity index (χ2v) is 6.53. The van der Waals surface area contributed by atoms with E-state index in [0.29, 0.717) is 19.1 Å². The van der Waals surface area contributed by atoms with E-state index in [-0.39, 0.29) is 40.8 Å². The molecule has 4 nitrogen and oxygen atoms in total. The van der Waals surface area contributed by atoms with E-state index in [9.17, 15) is 9.46 Å². The van der Waals surface area contributed by atoms with Crippen molar-refractivity contribution in [3.63, 3.8) is 0 Å². The molecule has 2 unspecified atom stereocenters. The number of rotatable bonds is 13. The van der Waals surface area contributed by atoms with Crippen LogP contribution in [0.25, 0.3) is 0 Å². The molecule has 0 saturated carbocycles. The number of unbranched alkanes of at least 4 members (excludes halogenated alkanes) is 4. The molecule has 0 spiro atoms. The van der Waals surface area contributed by atoms with E-state index in [1.165, 1.54) is 0 Å². The molecule has 0 heterocycles. The van der Waals surface area contributed by atoms with Crippen LogP contribution in [-0.4, -0.2) is 18.1 Å². The molecule has 2 atom stereocenters. The van der Waals surface area contributed by atoms with Crippen LogP contribution in [0, 0.1) is 46.8 Å². The van der Waals surface area contributed by atoms with Gasteiger partial charge in [0.1, 0.15) is 0 Å². The average molecular weight is 439 g/mol. The Morgan fingerprint density at radius 1 is 1.00 bits per heavy atom. The van der Waals surface area contributed by atoms with E-state index in [4.69, 9.17) is 9.05 Å². The van der Waals surface area contributed by atoms with Crippen molar-refractivity contribution >= 4 is 7.82 Å². The summed E-state index contributed by atoms with van der Waals surface area (Å²) in [7, 11) is -3.84. The third-order valence-electron chi connectivity index (χ3n) is 3.27. The van der Waals surface area contributed by atoms with Gasteiger partial charge in [0.05, 0.1) is 13.2 Å². The first-order valence-electron chi connectivity index (χ1n) is 7.67. The Bertz CT molecular complexity index is 251. The molecule has 0 aliphatic rings. The zero-order valence-electron chi connectivity index (χ0n) is 13.3. The molecule has 1 N–H and O–H groups in total. The van der Waals surface area contributed by atoms with Crippen LogP contribution in [0.4, 0.5) is 0 Å². The van der Waals surface area contributed by atoms with E-state index in [2.05, 4.69) is 20.8 Å². The van der Waals surface area contributed by atoms with Gasteiger partial charge in [-0.05, 0) is 18.8 Å². The minimum absolute atomic E-state index is 0. The van der Waals surface area contributed by atoms with Gasteiger partial charge in [0.2, 0.25) is 0 Å². The summed E-state index contributed by atoms with van der Waals surface area (Å²) < 4.78 is 21.7. The summed E-state index contributed by atoms with van der Waals surface area (Å²) in [5.74, 6) is 0.351. The molecule has 0 aromatic rings. The molecule has 0 aromatic heterocycles. The Hall–Kier alpha value is 1.46. The maximum atomic E-state index is 11.7. The molecular weight excluding hydrogens is 407 g/mol. The van der Waals surface area contributed by atoms with E-state index in [0.717, 1.165) is 51.4 Å². The summed E-state index contributed by atoms with van der Waals surface area (Å²) in [5, 5.41) is 0. The maximum absolute atomic E-state index is 11.7. The number of hydrogen-bond donors (Lipinski definition) is 1. The second kappa shape index (κ2) is 15.4. The van der Waals surface area contributed by atoms with Gasteiger partial charge in [0.15, 0.2) is 0 Å². The molecule has 0 aromatic carbocycles. The predicted molar refractivity (Wildman–Crippen MR) is 79.2 cm³/mol. The predicted octanol–water partition coefficient (Wildman–Crippen LogP) is 4.92. The van der Waals surface area contributed by atoms with Crippen LogP contribution in [0.3, 0.4) is 0 Å². The van der Waals surface area contributed by atoms with Crippen LogP contribution in [0.15, 0.2) is 0 Å². The molecule has 0 aliphatic carbocycles. The Balaban J connectivity index is 0. The number of hydrogen-bond acceptors (Lipinski definition) is 3. The van der Waals surface area contributed by atoms with E-state index >= 15 is 0 Å². The molecule has 0 amide bonds. The summed E-state index contributed by atoms with van der Waals surface area (Å²) in [5.41, 5.74) is 0. The van der Waals surface area contributed by atoms with Crippen LogP contribution < -0.4 is 0 Å². The fraction of sp³-hybridized carbons (Fsp3) is 1.00. The van der Waals surface area contributed by atoms with Gasteiger partial charge >= 0.3 is 7.82 Å². The molecule has 0 rings (SSSR count). The Morgan fingerprint density at radius 3 is 2.20 bits per heavy atom. The summed E-state index contributed by atoms with van der Waals surface area (Å²) >= 11 is 0. The van der Waals surface area contributed by atoms with Gasteiger partial charge in [-0.25, -0.2) is 4.57 Å². The monoisotopic (exact) mass is 436 g/mol. The van der Waals surface area contributed by atoms with Crippen LogP contribution in [0.1, 0.15) is 72.1 Å². The normalized spacial score (nSPS) is 15.4. The smallest absolute Gasteiger partial charge is 0.302 e. The van der Waals surface area contributed by atoms with Crippen molar-refractivity contribution < 1.29 is 59.3 Å².